The van der Waals surface area contributed by atoms with E-state index in [4.69, 9.17) is 14.4 Å². The van der Waals surface area contributed by atoms with Gasteiger partial charge in [-0.3, -0.25) is 14.5 Å². The highest BCUT2D eigenvalue weighted by molar-refractivity contribution is 5.87. The van der Waals surface area contributed by atoms with Gasteiger partial charge in [-0.1, -0.05) is 30.3 Å². The number of hydrogen-bond acceptors (Lipinski definition) is 6. The number of urea groups is 1. The van der Waals surface area contributed by atoms with Crippen LogP contribution in [0.4, 0.5) is 9.59 Å². The molecule has 2 heterocycles. The van der Waals surface area contributed by atoms with Gasteiger partial charge in [0.1, 0.15) is 24.4 Å². The number of hydrogen-bond donors (Lipinski definition) is 1. The molecule has 0 saturated carbocycles. The van der Waals surface area contributed by atoms with Crippen molar-refractivity contribution in [1.29, 1.82) is 0 Å². The molecule has 2 aliphatic rings. The normalized spacial score (nSPS) is 21.3. The molecule has 33 heavy (non-hydrogen) atoms. The smallest absolute Gasteiger partial charge is 0.410 e. The van der Waals surface area contributed by atoms with E-state index in [1.165, 1.54) is 9.96 Å². The molecule has 0 aromatic heterocycles. The van der Waals surface area contributed by atoms with Crippen LogP contribution in [-0.2, 0) is 25.8 Å². The SMILES string of the molecule is CCN1C(=O)N(OCc2ccccc2)CC[C@H]1C(=O)NO[C@H]1CCN(C(=O)OC(C)(C)C)C1. The number of likely N-dealkylation sites (tertiary alicyclic amines) is 1. The predicted molar refractivity (Wildman–Crippen MR) is 120 cm³/mol. The lowest BCUT2D eigenvalue weighted by Crippen LogP contribution is -2.59. The Labute approximate surface area is 194 Å². The Morgan fingerprint density at radius 3 is 2.52 bits per heavy atom. The van der Waals surface area contributed by atoms with Crippen molar-refractivity contribution in [3.05, 3.63) is 35.9 Å². The van der Waals surface area contributed by atoms with Gasteiger partial charge in [0.2, 0.25) is 0 Å². The van der Waals surface area contributed by atoms with E-state index < -0.39 is 17.7 Å². The third-order valence-corrected chi connectivity index (χ3v) is 5.44. The molecule has 1 aromatic rings. The Morgan fingerprint density at radius 2 is 1.85 bits per heavy atom. The molecule has 0 bridgehead atoms. The van der Waals surface area contributed by atoms with Crippen LogP contribution in [0.1, 0.15) is 46.1 Å². The molecular formula is C23H34N4O6. The molecule has 0 unspecified atom stereocenters. The van der Waals surface area contributed by atoms with Gasteiger partial charge in [0.25, 0.3) is 5.91 Å². The fourth-order valence-electron chi connectivity index (χ4n) is 3.77. The lowest BCUT2D eigenvalue weighted by Gasteiger charge is -2.39. The number of benzene rings is 1. The number of nitrogens with one attached hydrogen (secondary N) is 1. The molecule has 4 amide bonds. The monoisotopic (exact) mass is 462 g/mol. The number of rotatable bonds is 7. The maximum atomic E-state index is 12.8. The fourth-order valence-corrected chi connectivity index (χ4v) is 3.77. The maximum Gasteiger partial charge on any atom is 0.410 e. The summed E-state index contributed by atoms with van der Waals surface area (Å²) in [7, 11) is 0. The lowest BCUT2D eigenvalue weighted by atomic mass is 10.1. The Hall–Kier alpha value is -2.85. The summed E-state index contributed by atoms with van der Waals surface area (Å²) in [6, 6.07) is 8.58. The molecule has 182 valence electrons. The van der Waals surface area contributed by atoms with Crippen molar-refractivity contribution in [1.82, 2.24) is 20.3 Å². The summed E-state index contributed by atoms with van der Waals surface area (Å²) < 4.78 is 5.37. The zero-order valence-electron chi connectivity index (χ0n) is 19.8. The molecule has 2 aliphatic heterocycles. The first kappa shape index (κ1) is 24.8. The van der Waals surface area contributed by atoms with Crippen molar-refractivity contribution in [2.45, 2.75) is 64.9 Å². The molecular weight excluding hydrogens is 428 g/mol. The van der Waals surface area contributed by atoms with Crippen molar-refractivity contribution in [2.75, 3.05) is 26.2 Å². The molecule has 2 saturated heterocycles. The van der Waals surface area contributed by atoms with E-state index in [9.17, 15) is 14.4 Å². The Kier molecular flexibility index (Phi) is 8.15. The molecule has 2 fully saturated rings. The lowest BCUT2D eigenvalue weighted by molar-refractivity contribution is -0.163. The van der Waals surface area contributed by atoms with Crippen molar-refractivity contribution < 1.29 is 28.8 Å². The van der Waals surface area contributed by atoms with E-state index >= 15 is 0 Å². The van der Waals surface area contributed by atoms with Gasteiger partial charge < -0.3 is 14.5 Å². The minimum absolute atomic E-state index is 0.278. The quantitative estimate of drug-likeness (QED) is 0.626. The van der Waals surface area contributed by atoms with E-state index in [1.54, 1.807) is 4.90 Å². The van der Waals surface area contributed by atoms with Gasteiger partial charge in [0.05, 0.1) is 13.1 Å². The van der Waals surface area contributed by atoms with Crippen LogP contribution in [-0.4, -0.2) is 76.8 Å². The summed E-state index contributed by atoms with van der Waals surface area (Å²) >= 11 is 0. The van der Waals surface area contributed by atoms with E-state index in [2.05, 4.69) is 5.48 Å². The van der Waals surface area contributed by atoms with Crippen LogP contribution in [0, 0.1) is 0 Å². The largest absolute Gasteiger partial charge is 0.444 e. The summed E-state index contributed by atoms with van der Waals surface area (Å²) in [4.78, 5) is 52.0. The predicted octanol–water partition coefficient (Wildman–Crippen LogP) is 2.69. The van der Waals surface area contributed by atoms with Crippen LogP contribution >= 0.6 is 0 Å². The molecule has 3 rings (SSSR count). The maximum absolute atomic E-state index is 12.8. The summed E-state index contributed by atoms with van der Waals surface area (Å²) in [5, 5.41) is 1.30. The second-order valence-corrected chi connectivity index (χ2v) is 9.16. The number of ether oxygens (including phenoxy) is 1. The highest BCUT2D eigenvalue weighted by atomic mass is 16.7. The van der Waals surface area contributed by atoms with Crippen molar-refractivity contribution in [3.63, 3.8) is 0 Å². The van der Waals surface area contributed by atoms with Crippen LogP contribution in [0.3, 0.4) is 0 Å². The summed E-state index contributed by atoms with van der Waals surface area (Å²) in [6.07, 6.45) is 0.270. The average Bonchev–Trinajstić information content (AvgIpc) is 3.25. The standard InChI is InChI=1S/C23H34N4O6/c1-5-26-19(12-14-27(21(26)29)31-16-17-9-7-6-8-10-17)20(28)24-33-18-11-13-25(15-18)22(30)32-23(2,3)4/h6-10,18-19H,5,11-16H2,1-4H3,(H,24,28)/t18-,19-/m0/s1. The molecule has 0 spiro atoms. The van der Waals surface area contributed by atoms with E-state index in [0.717, 1.165) is 5.56 Å². The molecule has 2 atom stereocenters. The highest BCUT2D eigenvalue weighted by Gasteiger charge is 2.38. The van der Waals surface area contributed by atoms with Gasteiger partial charge in [-0.2, -0.15) is 0 Å². The third-order valence-electron chi connectivity index (χ3n) is 5.44. The molecule has 0 radical (unpaired) electrons. The van der Waals surface area contributed by atoms with Gasteiger partial charge in [0, 0.05) is 13.1 Å². The van der Waals surface area contributed by atoms with Crippen molar-refractivity contribution >= 4 is 18.0 Å². The molecule has 1 aromatic carbocycles. The van der Waals surface area contributed by atoms with Gasteiger partial charge in [-0.05, 0) is 46.1 Å². The van der Waals surface area contributed by atoms with Crippen LogP contribution in [0.5, 0.6) is 0 Å². The number of amides is 4. The van der Waals surface area contributed by atoms with E-state index in [-0.39, 0.29) is 24.6 Å². The van der Waals surface area contributed by atoms with Gasteiger partial charge in [-0.15, -0.1) is 0 Å². The van der Waals surface area contributed by atoms with Crippen LogP contribution in [0.15, 0.2) is 30.3 Å². The van der Waals surface area contributed by atoms with Gasteiger partial charge in [0.15, 0.2) is 0 Å². The number of carbonyl (C=O) groups excluding carboxylic acids is 3. The minimum atomic E-state index is -0.651. The second-order valence-electron chi connectivity index (χ2n) is 9.16. The average molecular weight is 463 g/mol. The second kappa shape index (κ2) is 10.8. The minimum Gasteiger partial charge on any atom is -0.444 e. The topological polar surface area (TPSA) is 101 Å². The first-order valence-corrected chi connectivity index (χ1v) is 11.4. The number of carbonyl (C=O) groups is 3. The Balaban J connectivity index is 1.46. The van der Waals surface area contributed by atoms with Crippen LogP contribution in [0.25, 0.3) is 0 Å². The highest BCUT2D eigenvalue weighted by Crippen LogP contribution is 2.19. The van der Waals surface area contributed by atoms with Gasteiger partial charge in [-0.25, -0.2) is 20.1 Å². The van der Waals surface area contributed by atoms with Crippen LogP contribution < -0.4 is 5.48 Å². The Bertz CT molecular complexity index is 828. The van der Waals surface area contributed by atoms with Crippen molar-refractivity contribution in [3.8, 4) is 0 Å². The van der Waals surface area contributed by atoms with Crippen molar-refractivity contribution in [2.24, 2.45) is 0 Å². The zero-order chi connectivity index (χ0) is 24.0. The fraction of sp³-hybridized carbons (Fsp3) is 0.609. The molecule has 1 N–H and O–H groups in total. The number of hydroxylamine groups is 3. The first-order chi connectivity index (χ1) is 15.7. The van der Waals surface area contributed by atoms with E-state index in [0.29, 0.717) is 39.0 Å². The molecule has 0 aliphatic carbocycles. The number of likely N-dealkylation sites (N-methyl/N-ethyl adjacent to an activating group) is 1. The summed E-state index contributed by atoms with van der Waals surface area (Å²) in [5.74, 6) is -0.386. The zero-order valence-corrected chi connectivity index (χ0v) is 19.8. The molecule has 10 nitrogen and oxygen atoms in total. The first-order valence-electron chi connectivity index (χ1n) is 11.4. The number of nitrogens with zero attached hydrogens (tertiary/aromatic N) is 3. The van der Waals surface area contributed by atoms with Gasteiger partial charge >= 0.3 is 12.1 Å². The third kappa shape index (κ3) is 6.82. The summed E-state index contributed by atoms with van der Waals surface area (Å²) in [6.45, 7) is 9.02. The van der Waals surface area contributed by atoms with Crippen LogP contribution in [0.2, 0.25) is 0 Å². The summed E-state index contributed by atoms with van der Waals surface area (Å²) in [5.41, 5.74) is 2.88. The Morgan fingerprint density at radius 1 is 1.12 bits per heavy atom. The molecule has 10 heteroatoms. The van der Waals surface area contributed by atoms with E-state index in [1.807, 2.05) is 58.0 Å².